The van der Waals surface area contributed by atoms with Crippen LogP contribution in [0.5, 0.6) is 11.5 Å². The van der Waals surface area contributed by atoms with Gasteiger partial charge in [0.2, 0.25) is 0 Å². The number of Topliss-reactive ketones (excluding diaryl/α,β-unsaturated/α-hetero) is 1. The molecule has 1 aromatic carbocycles. The molecule has 0 aromatic heterocycles. The van der Waals surface area contributed by atoms with Crippen LogP contribution in [0.1, 0.15) is 15.9 Å². The first-order valence-electron chi connectivity index (χ1n) is 4.14. The number of phenolic OH excluding ortho intramolecular Hbond substituents is 2. The Kier molecular flexibility index (Phi) is 3.09. The highest BCUT2D eigenvalue weighted by atomic mass is 19.4. The van der Waals surface area contributed by atoms with E-state index in [-0.39, 0.29) is 0 Å². The number of benzene rings is 1. The monoisotopic (exact) mass is 235 g/mol. The lowest BCUT2D eigenvalue weighted by molar-refractivity contribution is -0.138. The van der Waals surface area contributed by atoms with Gasteiger partial charge in [0.25, 0.3) is 0 Å². The summed E-state index contributed by atoms with van der Waals surface area (Å²) in [7, 11) is 0. The van der Waals surface area contributed by atoms with Crippen LogP contribution >= 0.6 is 0 Å². The first kappa shape index (κ1) is 12.3. The molecule has 0 spiro atoms. The Bertz CT molecular complexity index is 429. The lowest BCUT2D eigenvalue weighted by Gasteiger charge is -2.13. The SMILES string of the molecule is NCC(=O)c1c(C(F)(F)F)ccc(O)c1O. The molecule has 1 aromatic rings. The number of nitrogens with two attached hydrogens (primary N) is 1. The predicted octanol–water partition coefficient (Wildman–Crippen LogP) is 1.26. The maximum Gasteiger partial charge on any atom is 0.417 e. The minimum atomic E-state index is -4.80. The molecule has 7 heteroatoms. The Morgan fingerprint density at radius 2 is 1.88 bits per heavy atom. The molecular formula is C9H8F3NO3. The fourth-order valence-electron chi connectivity index (χ4n) is 1.20. The van der Waals surface area contributed by atoms with Crippen molar-refractivity contribution in [1.29, 1.82) is 0 Å². The third-order valence-electron chi connectivity index (χ3n) is 1.93. The Morgan fingerprint density at radius 1 is 1.31 bits per heavy atom. The van der Waals surface area contributed by atoms with E-state index in [1.807, 2.05) is 0 Å². The van der Waals surface area contributed by atoms with Crippen LogP contribution in [0, 0.1) is 0 Å². The van der Waals surface area contributed by atoms with Crippen LogP contribution < -0.4 is 5.73 Å². The topological polar surface area (TPSA) is 83.6 Å². The quantitative estimate of drug-likeness (QED) is 0.532. The summed E-state index contributed by atoms with van der Waals surface area (Å²) in [5.41, 5.74) is 2.60. The highest BCUT2D eigenvalue weighted by Gasteiger charge is 2.37. The van der Waals surface area contributed by atoms with E-state index in [4.69, 9.17) is 10.8 Å². The van der Waals surface area contributed by atoms with E-state index >= 15 is 0 Å². The fourth-order valence-corrected chi connectivity index (χ4v) is 1.20. The van der Waals surface area contributed by atoms with Crippen molar-refractivity contribution >= 4 is 5.78 Å². The molecule has 1 rings (SSSR count). The number of hydrogen-bond donors (Lipinski definition) is 3. The minimum Gasteiger partial charge on any atom is -0.504 e. The van der Waals surface area contributed by atoms with Crippen molar-refractivity contribution in [1.82, 2.24) is 0 Å². The fraction of sp³-hybridized carbons (Fsp3) is 0.222. The van der Waals surface area contributed by atoms with Gasteiger partial charge in [0.05, 0.1) is 17.7 Å². The van der Waals surface area contributed by atoms with Crippen molar-refractivity contribution in [2.24, 2.45) is 5.73 Å². The van der Waals surface area contributed by atoms with Crippen LogP contribution in [0.15, 0.2) is 12.1 Å². The third-order valence-corrected chi connectivity index (χ3v) is 1.93. The summed E-state index contributed by atoms with van der Waals surface area (Å²) < 4.78 is 37.4. The highest BCUT2D eigenvalue weighted by Crippen LogP contribution is 2.39. The molecule has 0 aliphatic carbocycles. The van der Waals surface area contributed by atoms with Crippen LogP contribution in [0.25, 0.3) is 0 Å². The number of phenols is 2. The van der Waals surface area contributed by atoms with E-state index in [1.54, 1.807) is 0 Å². The third kappa shape index (κ3) is 2.08. The van der Waals surface area contributed by atoms with Gasteiger partial charge in [0.15, 0.2) is 17.3 Å². The molecule has 0 saturated carbocycles. The summed E-state index contributed by atoms with van der Waals surface area (Å²) in [5.74, 6) is -3.00. The Hall–Kier alpha value is -1.76. The summed E-state index contributed by atoms with van der Waals surface area (Å²) in [6, 6.07) is 1.17. The van der Waals surface area contributed by atoms with Crippen molar-refractivity contribution < 1.29 is 28.2 Å². The number of carbonyl (C=O) groups is 1. The van der Waals surface area contributed by atoms with Crippen LogP contribution in [-0.4, -0.2) is 22.5 Å². The van der Waals surface area contributed by atoms with E-state index < -0.39 is 41.1 Å². The summed E-state index contributed by atoms with van der Waals surface area (Å²) in [6.07, 6.45) is -4.80. The molecule has 0 atom stereocenters. The van der Waals surface area contributed by atoms with Crippen molar-refractivity contribution in [3.05, 3.63) is 23.3 Å². The summed E-state index contributed by atoms with van der Waals surface area (Å²) in [5, 5.41) is 18.2. The smallest absolute Gasteiger partial charge is 0.417 e. The van der Waals surface area contributed by atoms with Gasteiger partial charge in [-0.25, -0.2) is 0 Å². The molecule has 88 valence electrons. The molecule has 0 bridgehead atoms. The lowest BCUT2D eigenvalue weighted by Crippen LogP contribution is -2.19. The molecule has 0 amide bonds. The van der Waals surface area contributed by atoms with Gasteiger partial charge < -0.3 is 15.9 Å². The normalized spacial score (nSPS) is 11.5. The van der Waals surface area contributed by atoms with E-state index in [0.717, 1.165) is 0 Å². The molecule has 4 N–H and O–H groups in total. The van der Waals surface area contributed by atoms with Crippen LogP contribution in [0.4, 0.5) is 13.2 Å². The Labute approximate surface area is 88.1 Å². The molecular weight excluding hydrogens is 227 g/mol. The van der Waals surface area contributed by atoms with E-state index in [1.165, 1.54) is 0 Å². The van der Waals surface area contributed by atoms with Crippen LogP contribution in [-0.2, 0) is 6.18 Å². The largest absolute Gasteiger partial charge is 0.504 e. The zero-order valence-corrected chi connectivity index (χ0v) is 7.88. The predicted molar refractivity (Wildman–Crippen MR) is 48.2 cm³/mol. The molecule has 0 aliphatic heterocycles. The second-order valence-corrected chi connectivity index (χ2v) is 2.98. The van der Waals surface area contributed by atoms with Crippen molar-refractivity contribution in [2.45, 2.75) is 6.18 Å². The maximum atomic E-state index is 12.5. The average Bonchev–Trinajstić information content (AvgIpc) is 2.19. The summed E-state index contributed by atoms with van der Waals surface area (Å²) in [6.45, 7) is -0.694. The first-order valence-corrected chi connectivity index (χ1v) is 4.14. The van der Waals surface area contributed by atoms with Gasteiger partial charge in [-0.2, -0.15) is 13.2 Å². The van der Waals surface area contributed by atoms with Crippen molar-refractivity contribution in [3.63, 3.8) is 0 Å². The molecule has 16 heavy (non-hydrogen) atoms. The molecule has 0 heterocycles. The number of carbonyl (C=O) groups excluding carboxylic acids is 1. The first-order chi connectivity index (χ1) is 7.29. The number of halogens is 3. The number of hydrogen-bond acceptors (Lipinski definition) is 4. The number of aromatic hydroxyl groups is 2. The Morgan fingerprint density at radius 3 is 2.31 bits per heavy atom. The Balaban J connectivity index is 3.51. The molecule has 4 nitrogen and oxygen atoms in total. The van der Waals surface area contributed by atoms with E-state index in [0.29, 0.717) is 12.1 Å². The molecule has 0 fully saturated rings. The van der Waals surface area contributed by atoms with Crippen LogP contribution in [0.3, 0.4) is 0 Å². The number of rotatable bonds is 2. The average molecular weight is 235 g/mol. The van der Waals surface area contributed by atoms with E-state index in [9.17, 15) is 23.1 Å². The molecule has 0 radical (unpaired) electrons. The molecule has 0 aliphatic rings. The van der Waals surface area contributed by atoms with Crippen molar-refractivity contribution in [2.75, 3.05) is 6.54 Å². The maximum absolute atomic E-state index is 12.5. The van der Waals surface area contributed by atoms with Gasteiger partial charge >= 0.3 is 6.18 Å². The van der Waals surface area contributed by atoms with Gasteiger partial charge in [-0.15, -0.1) is 0 Å². The van der Waals surface area contributed by atoms with Gasteiger partial charge in [-0.3, -0.25) is 4.79 Å². The van der Waals surface area contributed by atoms with Crippen molar-refractivity contribution in [3.8, 4) is 11.5 Å². The van der Waals surface area contributed by atoms with E-state index in [2.05, 4.69) is 0 Å². The summed E-state index contributed by atoms with van der Waals surface area (Å²) in [4.78, 5) is 11.2. The second kappa shape index (κ2) is 4.01. The standard InChI is InChI=1S/C9H8F3NO3/c10-9(11,12)4-1-2-5(14)8(16)7(4)6(15)3-13/h1-2,14,16H,3,13H2. The molecule has 0 saturated heterocycles. The lowest BCUT2D eigenvalue weighted by atomic mass is 10.0. The van der Waals surface area contributed by atoms with Gasteiger partial charge in [-0.05, 0) is 12.1 Å². The number of ketones is 1. The number of alkyl halides is 3. The van der Waals surface area contributed by atoms with Gasteiger partial charge in [-0.1, -0.05) is 0 Å². The van der Waals surface area contributed by atoms with Crippen LogP contribution in [0.2, 0.25) is 0 Å². The highest BCUT2D eigenvalue weighted by molar-refractivity contribution is 6.02. The minimum absolute atomic E-state index is 0.512. The van der Waals surface area contributed by atoms with Gasteiger partial charge in [0, 0.05) is 0 Å². The zero-order chi connectivity index (χ0) is 12.5. The van der Waals surface area contributed by atoms with Gasteiger partial charge in [0.1, 0.15) is 0 Å². The molecule has 0 unspecified atom stereocenters. The second-order valence-electron chi connectivity index (χ2n) is 2.98. The summed E-state index contributed by atoms with van der Waals surface area (Å²) >= 11 is 0. The zero-order valence-electron chi connectivity index (χ0n) is 7.88.